The average Bonchev–Trinajstić information content (AvgIpc) is 3.06. The maximum absolute atomic E-state index is 13.1. The van der Waals surface area contributed by atoms with Gasteiger partial charge in [0.15, 0.2) is 6.61 Å². The molecule has 1 aromatic heterocycles. The highest BCUT2D eigenvalue weighted by atomic mass is 19.1. The molecule has 7 heteroatoms. The van der Waals surface area contributed by atoms with Crippen LogP contribution in [-0.4, -0.2) is 35.4 Å². The lowest BCUT2D eigenvalue weighted by atomic mass is 10.1. The summed E-state index contributed by atoms with van der Waals surface area (Å²) in [5.74, 6) is -1.73. The Labute approximate surface area is 179 Å². The number of halogens is 1. The van der Waals surface area contributed by atoms with Crippen molar-refractivity contribution in [3.8, 4) is 0 Å². The van der Waals surface area contributed by atoms with E-state index in [0.29, 0.717) is 17.7 Å². The molecule has 0 fully saturated rings. The van der Waals surface area contributed by atoms with Crippen LogP contribution < -0.4 is 5.32 Å². The third-order valence-electron chi connectivity index (χ3n) is 4.92. The van der Waals surface area contributed by atoms with Gasteiger partial charge in [-0.15, -0.1) is 0 Å². The number of nitrogens with zero attached hydrogens (tertiary/aromatic N) is 1. The molecular formula is C24H23FN2O4. The number of hydrogen-bond acceptors (Lipinski definition) is 4. The highest BCUT2D eigenvalue weighted by molar-refractivity contribution is 6.00. The third-order valence-corrected chi connectivity index (χ3v) is 4.92. The second-order valence-electron chi connectivity index (χ2n) is 7.13. The minimum atomic E-state index is -0.697. The number of rotatable bonds is 8. The minimum Gasteiger partial charge on any atom is -0.456 e. The van der Waals surface area contributed by atoms with Gasteiger partial charge in [0.25, 0.3) is 5.91 Å². The van der Waals surface area contributed by atoms with Crippen molar-refractivity contribution in [2.75, 3.05) is 13.2 Å². The number of nitrogens with one attached hydrogen (secondary N) is 1. The number of hydrogen-bond donors (Lipinski definition) is 1. The van der Waals surface area contributed by atoms with Crippen molar-refractivity contribution in [2.24, 2.45) is 0 Å². The summed E-state index contributed by atoms with van der Waals surface area (Å²) in [6.07, 6.45) is 0. The maximum Gasteiger partial charge on any atom is 0.325 e. The van der Waals surface area contributed by atoms with Crippen LogP contribution in [0.15, 0.2) is 60.7 Å². The number of carbonyl (C=O) groups excluding carboxylic acids is 3. The molecule has 1 N–H and O–H groups in total. The number of carbonyl (C=O) groups is 3. The molecule has 0 radical (unpaired) electrons. The number of aromatic nitrogens is 1. The van der Waals surface area contributed by atoms with Gasteiger partial charge in [-0.05, 0) is 49.7 Å². The summed E-state index contributed by atoms with van der Waals surface area (Å²) in [5, 5.41) is 2.46. The summed E-state index contributed by atoms with van der Waals surface area (Å²) in [4.78, 5) is 36.4. The Hall–Kier alpha value is -3.74. The van der Waals surface area contributed by atoms with Crippen LogP contribution in [0.5, 0.6) is 0 Å². The molecule has 3 aromatic rings. The van der Waals surface area contributed by atoms with E-state index in [9.17, 15) is 18.8 Å². The first-order chi connectivity index (χ1) is 14.8. The largest absolute Gasteiger partial charge is 0.456 e. The molecule has 160 valence electrons. The first-order valence-corrected chi connectivity index (χ1v) is 9.78. The van der Waals surface area contributed by atoms with Crippen LogP contribution in [0.4, 0.5) is 4.39 Å². The topological polar surface area (TPSA) is 77.4 Å². The van der Waals surface area contributed by atoms with E-state index < -0.39 is 18.5 Å². The van der Waals surface area contributed by atoms with Gasteiger partial charge in [0.05, 0.1) is 0 Å². The van der Waals surface area contributed by atoms with E-state index in [0.717, 1.165) is 17.0 Å². The highest BCUT2D eigenvalue weighted by Gasteiger charge is 2.18. The number of ether oxygens (including phenoxy) is 1. The lowest BCUT2D eigenvalue weighted by molar-refractivity contribution is -0.141. The summed E-state index contributed by atoms with van der Waals surface area (Å²) < 4.78 is 20.1. The zero-order chi connectivity index (χ0) is 22.4. The SMILES string of the molecule is Cc1cc(C(=O)COC(=O)CNC(=O)c2ccccc2)c(C)n1Cc1ccc(F)cc1. The van der Waals surface area contributed by atoms with E-state index in [1.165, 1.54) is 12.1 Å². The number of esters is 1. The van der Waals surface area contributed by atoms with Crippen LogP contribution in [0.1, 0.15) is 37.7 Å². The van der Waals surface area contributed by atoms with E-state index in [1.54, 1.807) is 48.5 Å². The van der Waals surface area contributed by atoms with E-state index in [-0.39, 0.29) is 18.1 Å². The first kappa shape index (κ1) is 22.0. The van der Waals surface area contributed by atoms with Gasteiger partial charge < -0.3 is 14.6 Å². The van der Waals surface area contributed by atoms with Gasteiger partial charge in [-0.2, -0.15) is 0 Å². The zero-order valence-electron chi connectivity index (χ0n) is 17.4. The average molecular weight is 422 g/mol. The maximum atomic E-state index is 13.1. The zero-order valence-corrected chi connectivity index (χ0v) is 17.4. The lowest BCUT2D eigenvalue weighted by Gasteiger charge is -2.10. The molecule has 0 unspecified atom stereocenters. The lowest BCUT2D eigenvalue weighted by Crippen LogP contribution is -2.31. The molecule has 1 heterocycles. The van der Waals surface area contributed by atoms with Crippen molar-refractivity contribution in [3.05, 3.63) is 94.6 Å². The number of ketones is 1. The monoisotopic (exact) mass is 422 g/mol. The molecule has 0 aliphatic heterocycles. The van der Waals surface area contributed by atoms with E-state index >= 15 is 0 Å². The van der Waals surface area contributed by atoms with Gasteiger partial charge in [-0.1, -0.05) is 30.3 Å². The Kier molecular flexibility index (Phi) is 6.97. The molecule has 0 bridgehead atoms. The molecule has 0 saturated carbocycles. The van der Waals surface area contributed by atoms with Gasteiger partial charge in [-0.3, -0.25) is 14.4 Å². The number of benzene rings is 2. The Morgan fingerprint density at radius 2 is 1.68 bits per heavy atom. The van der Waals surface area contributed by atoms with Crippen LogP contribution in [0.2, 0.25) is 0 Å². The Morgan fingerprint density at radius 3 is 2.35 bits per heavy atom. The van der Waals surface area contributed by atoms with Gasteiger partial charge in [0, 0.05) is 29.1 Å². The quantitative estimate of drug-likeness (QED) is 0.446. The molecule has 1 amide bonds. The van der Waals surface area contributed by atoms with Gasteiger partial charge in [-0.25, -0.2) is 4.39 Å². The molecule has 2 aromatic carbocycles. The fourth-order valence-electron chi connectivity index (χ4n) is 3.22. The van der Waals surface area contributed by atoms with Crippen LogP contribution in [0.3, 0.4) is 0 Å². The van der Waals surface area contributed by atoms with Crippen molar-refractivity contribution >= 4 is 17.7 Å². The number of amides is 1. The summed E-state index contributed by atoms with van der Waals surface area (Å²) >= 11 is 0. The van der Waals surface area contributed by atoms with Gasteiger partial charge >= 0.3 is 5.97 Å². The van der Waals surface area contributed by atoms with Crippen LogP contribution >= 0.6 is 0 Å². The fraction of sp³-hybridized carbons (Fsp3) is 0.208. The summed E-state index contributed by atoms with van der Waals surface area (Å²) in [5.41, 5.74) is 3.40. The van der Waals surface area contributed by atoms with Crippen molar-refractivity contribution in [1.29, 1.82) is 0 Å². The third kappa shape index (κ3) is 5.66. The Bertz CT molecular complexity index is 1090. The van der Waals surface area contributed by atoms with Crippen molar-refractivity contribution in [2.45, 2.75) is 20.4 Å². The van der Waals surface area contributed by atoms with Gasteiger partial charge in [0.1, 0.15) is 12.4 Å². The summed E-state index contributed by atoms with van der Waals surface area (Å²) in [6.45, 7) is 3.44. The molecule has 6 nitrogen and oxygen atoms in total. The second kappa shape index (κ2) is 9.84. The molecule has 0 aliphatic rings. The molecule has 31 heavy (non-hydrogen) atoms. The highest BCUT2D eigenvalue weighted by Crippen LogP contribution is 2.18. The van der Waals surface area contributed by atoms with E-state index in [4.69, 9.17) is 4.74 Å². The van der Waals surface area contributed by atoms with Crippen LogP contribution in [-0.2, 0) is 16.1 Å². The minimum absolute atomic E-state index is 0.303. The first-order valence-electron chi connectivity index (χ1n) is 9.78. The standard InChI is InChI=1S/C24H23FN2O4/c1-16-12-21(17(2)27(16)14-18-8-10-20(25)11-9-18)22(28)15-31-23(29)13-26-24(30)19-6-4-3-5-7-19/h3-12H,13-15H2,1-2H3,(H,26,30). The predicted molar refractivity (Wildman–Crippen MR) is 113 cm³/mol. The molecule has 0 atom stereocenters. The van der Waals surface area contributed by atoms with E-state index in [1.807, 2.05) is 18.4 Å². The van der Waals surface area contributed by atoms with Crippen molar-refractivity contribution in [3.63, 3.8) is 0 Å². The molecule has 0 aliphatic carbocycles. The smallest absolute Gasteiger partial charge is 0.325 e. The fourth-order valence-corrected chi connectivity index (χ4v) is 3.22. The van der Waals surface area contributed by atoms with Crippen molar-refractivity contribution < 1.29 is 23.5 Å². The van der Waals surface area contributed by atoms with Gasteiger partial charge in [0.2, 0.25) is 5.78 Å². The number of aryl methyl sites for hydroxylation is 1. The Balaban J connectivity index is 1.55. The molecule has 3 rings (SSSR count). The number of Topliss-reactive ketones (excluding diaryl/α,β-unsaturated/α-hetero) is 1. The molecule has 0 saturated heterocycles. The second-order valence-corrected chi connectivity index (χ2v) is 7.13. The summed E-state index contributed by atoms with van der Waals surface area (Å²) in [7, 11) is 0. The van der Waals surface area contributed by atoms with Crippen molar-refractivity contribution in [1.82, 2.24) is 9.88 Å². The molecular weight excluding hydrogens is 399 g/mol. The predicted octanol–water partition coefficient (Wildman–Crippen LogP) is 3.45. The Morgan fingerprint density at radius 1 is 1.00 bits per heavy atom. The summed E-state index contributed by atoms with van der Waals surface area (Å²) in [6, 6.07) is 16.4. The van der Waals surface area contributed by atoms with Crippen LogP contribution in [0.25, 0.3) is 0 Å². The molecule has 0 spiro atoms. The van der Waals surface area contributed by atoms with E-state index in [2.05, 4.69) is 5.32 Å². The normalized spacial score (nSPS) is 10.5. The van der Waals surface area contributed by atoms with Crippen LogP contribution in [0, 0.1) is 19.7 Å².